The van der Waals surface area contributed by atoms with Crippen LogP contribution >= 0.6 is 0 Å². The van der Waals surface area contributed by atoms with E-state index < -0.39 is 44.7 Å². The molecule has 0 saturated heterocycles. The van der Waals surface area contributed by atoms with Gasteiger partial charge in [-0.1, -0.05) is 12.1 Å². The highest BCUT2D eigenvalue weighted by atomic mass is 32.2. The predicted octanol–water partition coefficient (Wildman–Crippen LogP) is 2.51. The van der Waals surface area contributed by atoms with Crippen molar-refractivity contribution in [3.05, 3.63) is 59.2 Å². The number of benzene rings is 2. The summed E-state index contributed by atoms with van der Waals surface area (Å²) in [7, 11) is -4.15. The number of amides is 2. The molecule has 1 heterocycles. The van der Waals surface area contributed by atoms with Crippen LogP contribution < -0.4 is 15.7 Å². The third-order valence-corrected chi connectivity index (χ3v) is 7.75. The highest BCUT2D eigenvalue weighted by Gasteiger charge is 2.46. The summed E-state index contributed by atoms with van der Waals surface area (Å²) in [6.07, 6.45) is -4.50. The molecule has 0 fully saturated rings. The third kappa shape index (κ3) is 4.67. The van der Waals surface area contributed by atoms with Crippen molar-refractivity contribution in [3.8, 4) is 0 Å². The number of anilines is 1. The Morgan fingerprint density at radius 3 is 2.45 bits per heavy atom. The topological polar surface area (TPSA) is 116 Å². The zero-order valence-corrected chi connectivity index (χ0v) is 18.5. The predicted molar refractivity (Wildman–Crippen MR) is 112 cm³/mol. The van der Waals surface area contributed by atoms with Crippen molar-refractivity contribution in [1.82, 2.24) is 10.8 Å². The number of rotatable bonds is 5. The van der Waals surface area contributed by atoms with Gasteiger partial charge in [0.25, 0.3) is 11.8 Å². The molecule has 2 unspecified atom stereocenters. The molecule has 1 aliphatic heterocycles. The second-order valence-electron chi connectivity index (χ2n) is 7.53. The van der Waals surface area contributed by atoms with Crippen LogP contribution in [0.25, 0.3) is 0 Å². The minimum absolute atomic E-state index is 0.103. The van der Waals surface area contributed by atoms with E-state index in [1.165, 1.54) is 42.7 Å². The maximum absolute atomic E-state index is 13.0. The second kappa shape index (κ2) is 9.02. The molecule has 12 heteroatoms. The van der Waals surface area contributed by atoms with Crippen LogP contribution in [0.3, 0.4) is 0 Å². The van der Waals surface area contributed by atoms with Gasteiger partial charge in [0.1, 0.15) is 0 Å². The summed E-state index contributed by atoms with van der Waals surface area (Å²) in [5, 5.41) is 9.96. The SMILES string of the molecule is CCN1c2cc(C(=O)NCc3cccc(C(F)(F)F)c3)ccc2S(=O)(=O)C(C(=O)NO)C1C. The number of halogens is 3. The van der Waals surface area contributed by atoms with Crippen LogP contribution in [-0.2, 0) is 27.4 Å². The number of carbonyl (C=O) groups excluding carboxylic acids is 2. The lowest BCUT2D eigenvalue weighted by atomic mass is 10.1. The van der Waals surface area contributed by atoms with Gasteiger partial charge in [-0.05, 0) is 49.7 Å². The highest BCUT2D eigenvalue weighted by Crippen LogP contribution is 2.38. The maximum Gasteiger partial charge on any atom is 0.416 e. The van der Waals surface area contributed by atoms with Crippen molar-refractivity contribution in [3.63, 3.8) is 0 Å². The fourth-order valence-electron chi connectivity index (χ4n) is 3.93. The normalized spacial score (nSPS) is 19.5. The highest BCUT2D eigenvalue weighted by molar-refractivity contribution is 7.93. The number of carbonyl (C=O) groups is 2. The van der Waals surface area contributed by atoms with Gasteiger partial charge in [-0.25, -0.2) is 13.9 Å². The van der Waals surface area contributed by atoms with Gasteiger partial charge >= 0.3 is 6.18 Å². The maximum atomic E-state index is 13.0. The van der Waals surface area contributed by atoms with Gasteiger partial charge in [0.15, 0.2) is 15.1 Å². The van der Waals surface area contributed by atoms with Crippen molar-refractivity contribution in [2.24, 2.45) is 0 Å². The Bertz CT molecular complexity index is 1180. The van der Waals surface area contributed by atoms with Crippen molar-refractivity contribution < 1.29 is 36.4 Å². The van der Waals surface area contributed by atoms with E-state index in [2.05, 4.69) is 5.32 Å². The number of sulfone groups is 1. The van der Waals surface area contributed by atoms with Gasteiger partial charge in [0.2, 0.25) is 0 Å². The number of hydrogen-bond acceptors (Lipinski definition) is 6. The Balaban J connectivity index is 1.88. The van der Waals surface area contributed by atoms with E-state index in [1.54, 1.807) is 11.8 Å². The molecule has 178 valence electrons. The number of alkyl halides is 3. The van der Waals surface area contributed by atoms with Crippen molar-refractivity contribution >= 4 is 27.3 Å². The molecule has 2 atom stereocenters. The monoisotopic (exact) mass is 485 g/mol. The number of nitrogens with zero attached hydrogens (tertiary/aromatic N) is 1. The molecule has 8 nitrogen and oxygen atoms in total. The van der Waals surface area contributed by atoms with E-state index in [1.807, 2.05) is 0 Å². The Morgan fingerprint density at radius 1 is 1.15 bits per heavy atom. The Morgan fingerprint density at radius 2 is 1.85 bits per heavy atom. The molecule has 33 heavy (non-hydrogen) atoms. The fraction of sp³-hybridized carbons (Fsp3) is 0.333. The van der Waals surface area contributed by atoms with E-state index in [9.17, 15) is 31.2 Å². The van der Waals surface area contributed by atoms with Gasteiger partial charge in [-0.3, -0.25) is 14.8 Å². The summed E-state index contributed by atoms with van der Waals surface area (Å²) in [5.74, 6) is -1.67. The Hall–Kier alpha value is -3.12. The second-order valence-corrected chi connectivity index (χ2v) is 9.57. The first-order valence-electron chi connectivity index (χ1n) is 9.94. The van der Waals surface area contributed by atoms with Gasteiger partial charge in [0.05, 0.1) is 22.2 Å². The van der Waals surface area contributed by atoms with Gasteiger partial charge in [-0.2, -0.15) is 13.2 Å². The van der Waals surface area contributed by atoms with Crippen molar-refractivity contribution in [2.75, 3.05) is 11.4 Å². The Kier molecular flexibility index (Phi) is 6.70. The fourth-order valence-corrected chi connectivity index (χ4v) is 5.93. The van der Waals surface area contributed by atoms with Crippen LogP contribution in [0.2, 0.25) is 0 Å². The number of hydrogen-bond donors (Lipinski definition) is 3. The lowest BCUT2D eigenvalue weighted by Crippen LogP contribution is -2.56. The van der Waals surface area contributed by atoms with Crippen LogP contribution in [0.5, 0.6) is 0 Å². The van der Waals surface area contributed by atoms with Crippen LogP contribution in [0, 0.1) is 0 Å². The lowest BCUT2D eigenvalue weighted by Gasteiger charge is -2.40. The quantitative estimate of drug-likeness (QED) is 0.443. The molecule has 2 amide bonds. The van der Waals surface area contributed by atoms with Gasteiger partial charge < -0.3 is 10.2 Å². The molecular formula is C21H22F3N3O5S. The minimum Gasteiger partial charge on any atom is -0.366 e. The molecule has 2 aromatic rings. The Labute approximate surface area is 188 Å². The summed E-state index contributed by atoms with van der Waals surface area (Å²) < 4.78 is 64.6. The lowest BCUT2D eigenvalue weighted by molar-refractivity contribution is -0.137. The molecule has 0 spiro atoms. The van der Waals surface area contributed by atoms with E-state index in [0.29, 0.717) is 6.54 Å². The molecule has 2 aromatic carbocycles. The molecule has 3 rings (SSSR count). The molecule has 3 N–H and O–H groups in total. The van der Waals surface area contributed by atoms with E-state index in [0.717, 1.165) is 12.1 Å². The summed E-state index contributed by atoms with van der Waals surface area (Å²) in [5.41, 5.74) is 1.14. The average Bonchev–Trinajstić information content (AvgIpc) is 2.76. The average molecular weight is 485 g/mol. The van der Waals surface area contributed by atoms with Crippen molar-refractivity contribution in [2.45, 2.75) is 42.8 Å². The zero-order chi connectivity index (χ0) is 24.6. The zero-order valence-electron chi connectivity index (χ0n) is 17.7. The number of fused-ring (bicyclic) bond motifs is 1. The summed E-state index contributed by atoms with van der Waals surface area (Å²) in [6.45, 7) is 3.41. The van der Waals surface area contributed by atoms with Gasteiger partial charge in [-0.15, -0.1) is 0 Å². The first kappa shape index (κ1) is 24.5. The first-order valence-corrected chi connectivity index (χ1v) is 11.5. The standard InChI is InChI=1S/C21H22F3N3O5S/c1-3-27-12(2)18(20(29)26-30)33(31,32)17-8-7-14(10-16(17)27)19(28)25-11-13-5-4-6-15(9-13)21(22,23)24/h4-10,12,18,30H,3,11H2,1-2H3,(H,25,28)(H,26,29). The molecule has 1 aliphatic rings. The minimum atomic E-state index is -4.50. The van der Waals surface area contributed by atoms with E-state index >= 15 is 0 Å². The summed E-state index contributed by atoms with van der Waals surface area (Å²) in [6, 6.07) is 7.55. The molecule has 0 aromatic heterocycles. The van der Waals surface area contributed by atoms with Crippen LogP contribution in [0.15, 0.2) is 47.4 Å². The molecule has 0 bridgehead atoms. The third-order valence-electron chi connectivity index (χ3n) is 5.52. The number of hydroxylamine groups is 1. The van der Waals surface area contributed by atoms with E-state index in [4.69, 9.17) is 5.21 Å². The van der Waals surface area contributed by atoms with Crippen LogP contribution in [0.4, 0.5) is 18.9 Å². The number of nitrogens with one attached hydrogen (secondary N) is 2. The van der Waals surface area contributed by atoms with Crippen LogP contribution in [-0.4, -0.2) is 43.3 Å². The molecule has 0 saturated carbocycles. The smallest absolute Gasteiger partial charge is 0.366 e. The van der Waals surface area contributed by atoms with Crippen LogP contribution in [0.1, 0.15) is 35.3 Å². The summed E-state index contributed by atoms with van der Waals surface area (Å²) >= 11 is 0. The molecular weight excluding hydrogens is 463 g/mol. The van der Waals surface area contributed by atoms with Gasteiger partial charge in [0, 0.05) is 18.7 Å². The molecule has 0 aliphatic carbocycles. The molecule has 0 radical (unpaired) electrons. The summed E-state index contributed by atoms with van der Waals surface area (Å²) in [4.78, 5) is 26.2. The van der Waals surface area contributed by atoms with Crippen molar-refractivity contribution in [1.29, 1.82) is 0 Å². The van der Waals surface area contributed by atoms with E-state index in [-0.39, 0.29) is 28.3 Å². The first-order chi connectivity index (χ1) is 15.4. The largest absolute Gasteiger partial charge is 0.416 e.